The summed E-state index contributed by atoms with van der Waals surface area (Å²) in [4.78, 5) is 11.7. The van der Waals surface area contributed by atoms with Gasteiger partial charge in [0.2, 0.25) is 5.76 Å². The maximum atomic E-state index is 11.7. The maximum absolute atomic E-state index is 11.7. The van der Waals surface area contributed by atoms with Gasteiger partial charge in [0.15, 0.2) is 0 Å². The van der Waals surface area contributed by atoms with Crippen molar-refractivity contribution in [1.29, 1.82) is 0 Å². The smallest absolute Gasteiger partial charge is 0.373 e. The van der Waals surface area contributed by atoms with Gasteiger partial charge in [-0.1, -0.05) is 28.1 Å². The lowest BCUT2D eigenvalue weighted by Crippen LogP contribution is -2.10. The van der Waals surface area contributed by atoms with Crippen LogP contribution in [0.15, 0.2) is 30.0 Å². The number of hydrogen-bond donors (Lipinski definition) is 0. The van der Waals surface area contributed by atoms with Gasteiger partial charge in [0.05, 0.1) is 19.8 Å². The Morgan fingerprint density at radius 2 is 2.00 bits per heavy atom. The fourth-order valence-electron chi connectivity index (χ4n) is 1.52. The van der Waals surface area contributed by atoms with E-state index in [0.717, 1.165) is 16.6 Å². The van der Waals surface area contributed by atoms with Crippen molar-refractivity contribution in [2.75, 3.05) is 25.2 Å². The Kier molecular flexibility index (Phi) is 7.80. The highest BCUT2D eigenvalue weighted by atomic mass is 79.9. The van der Waals surface area contributed by atoms with Crippen molar-refractivity contribution in [3.63, 3.8) is 0 Å². The van der Waals surface area contributed by atoms with Crippen molar-refractivity contribution in [3.05, 3.63) is 35.6 Å². The molecule has 0 spiro atoms. The number of hydrogen-bond acceptors (Lipinski definition) is 4. The highest BCUT2D eigenvalue weighted by Crippen LogP contribution is 2.17. The predicted molar refractivity (Wildman–Crippen MR) is 82.0 cm³/mol. The van der Waals surface area contributed by atoms with Crippen molar-refractivity contribution < 1.29 is 19.0 Å². The third-order valence-electron chi connectivity index (χ3n) is 2.28. The number of benzene rings is 1. The molecule has 0 bridgehead atoms. The zero-order valence-electron chi connectivity index (χ0n) is 11.7. The van der Waals surface area contributed by atoms with Gasteiger partial charge in [0, 0.05) is 5.33 Å². The summed E-state index contributed by atoms with van der Waals surface area (Å²) < 4.78 is 15.8. The molecule has 0 aliphatic heterocycles. The Morgan fingerprint density at radius 1 is 1.25 bits per heavy atom. The van der Waals surface area contributed by atoms with Gasteiger partial charge >= 0.3 is 5.97 Å². The van der Waals surface area contributed by atoms with E-state index in [2.05, 4.69) is 15.9 Å². The first-order valence-electron chi connectivity index (χ1n) is 6.51. The molecule has 0 aliphatic rings. The molecule has 0 saturated carbocycles. The minimum Gasteiger partial charge on any atom is -0.493 e. The van der Waals surface area contributed by atoms with Gasteiger partial charge in [-0.25, -0.2) is 4.79 Å². The van der Waals surface area contributed by atoms with Gasteiger partial charge in [-0.05, 0) is 37.6 Å². The molecule has 0 radical (unpaired) electrons. The summed E-state index contributed by atoms with van der Waals surface area (Å²) in [5.41, 5.74) is 0.827. The van der Waals surface area contributed by atoms with Crippen LogP contribution in [0.5, 0.6) is 5.75 Å². The summed E-state index contributed by atoms with van der Waals surface area (Å²) in [6.45, 7) is 4.89. The number of esters is 1. The van der Waals surface area contributed by atoms with Crippen LogP contribution in [0.4, 0.5) is 0 Å². The SMILES string of the molecule is CCOC(=O)/C(=C/c1cccc(OCCBr)c1)OCC. The minimum atomic E-state index is -0.457. The van der Waals surface area contributed by atoms with Crippen molar-refractivity contribution in [2.45, 2.75) is 13.8 Å². The molecule has 4 nitrogen and oxygen atoms in total. The van der Waals surface area contributed by atoms with Crippen molar-refractivity contribution in [1.82, 2.24) is 0 Å². The fraction of sp³-hybridized carbons (Fsp3) is 0.400. The first kappa shape index (κ1) is 16.6. The van der Waals surface area contributed by atoms with E-state index in [1.807, 2.05) is 31.2 Å². The van der Waals surface area contributed by atoms with E-state index in [-0.39, 0.29) is 5.76 Å². The van der Waals surface area contributed by atoms with E-state index < -0.39 is 5.97 Å². The minimum absolute atomic E-state index is 0.201. The van der Waals surface area contributed by atoms with Crippen molar-refractivity contribution >= 4 is 28.0 Å². The highest BCUT2D eigenvalue weighted by Gasteiger charge is 2.11. The fourth-order valence-corrected chi connectivity index (χ4v) is 1.68. The molecular formula is C15H19BrO4. The number of alkyl halides is 1. The molecule has 0 atom stereocenters. The normalized spacial score (nSPS) is 11.1. The van der Waals surface area contributed by atoms with Crippen LogP contribution in [-0.4, -0.2) is 31.1 Å². The summed E-state index contributed by atoms with van der Waals surface area (Å²) in [5.74, 6) is 0.492. The molecular weight excluding hydrogens is 324 g/mol. The molecule has 1 aromatic carbocycles. The van der Waals surface area contributed by atoms with Crippen LogP contribution in [0.1, 0.15) is 19.4 Å². The quantitative estimate of drug-likeness (QED) is 0.314. The van der Waals surface area contributed by atoms with Crippen LogP contribution in [0, 0.1) is 0 Å². The molecule has 0 aromatic heterocycles. The number of rotatable bonds is 8. The van der Waals surface area contributed by atoms with E-state index in [0.29, 0.717) is 19.8 Å². The Morgan fingerprint density at radius 3 is 2.65 bits per heavy atom. The molecule has 0 saturated heterocycles. The van der Waals surface area contributed by atoms with E-state index in [1.165, 1.54) is 0 Å². The molecule has 0 fully saturated rings. The first-order chi connectivity index (χ1) is 9.71. The van der Waals surface area contributed by atoms with Gasteiger partial charge in [0.25, 0.3) is 0 Å². The summed E-state index contributed by atoms with van der Waals surface area (Å²) in [5, 5.41) is 0.764. The number of ether oxygens (including phenoxy) is 3. The van der Waals surface area contributed by atoms with Crippen LogP contribution in [0.3, 0.4) is 0 Å². The first-order valence-corrected chi connectivity index (χ1v) is 7.63. The summed E-state index contributed by atoms with van der Waals surface area (Å²) >= 11 is 3.30. The predicted octanol–water partition coefficient (Wildman–Crippen LogP) is 3.40. The van der Waals surface area contributed by atoms with Crippen LogP contribution in [-0.2, 0) is 14.3 Å². The molecule has 0 heterocycles. The maximum Gasteiger partial charge on any atom is 0.373 e. The molecule has 0 aliphatic carbocycles. The number of carbonyl (C=O) groups is 1. The summed E-state index contributed by atoms with van der Waals surface area (Å²) in [7, 11) is 0. The molecule has 0 amide bonds. The van der Waals surface area contributed by atoms with Crippen LogP contribution in [0.25, 0.3) is 6.08 Å². The zero-order valence-corrected chi connectivity index (χ0v) is 13.3. The Balaban J connectivity index is 2.89. The van der Waals surface area contributed by atoms with Gasteiger partial charge in [0.1, 0.15) is 5.75 Å². The molecule has 0 unspecified atom stereocenters. The molecule has 0 N–H and O–H groups in total. The largest absolute Gasteiger partial charge is 0.493 e. The van der Waals surface area contributed by atoms with Crippen LogP contribution >= 0.6 is 15.9 Å². The van der Waals surface area contributed by atoms with E-state index in [1.54, 1.807) is 13.0 Å². The molecule has 110 valence electrons. The topological polar surface area (TPSA) is 44.8 Å². The lowest BCUT2D eigenvalue weighted by atomic mass is 10.2. The highest BCUT2D eigenvalue weighted by molar-refractivity contribution is 9.09. The van der Waals surface area contributed by atoms with Gasteiger partial charge in [-0.2, -0.15) is 0 Å². The lowest BCUT2D eigenvalue weighted by Gasteiger charge is -2.08. The summed E-state index contributed by atoms with van der Waals surface area (Å²) in [6.07, 6.45) is 1.66. The van der Waals surface area contributed by atoms with Gasteiger partial charge < -0.3 is 14.2 Å². The molecule has 5 heteroatoms. The van der Waals surface area contributed by atoms with Crippen LogP contribution in [0.2, 0.25) is 0 Å². The third-order valence-corrected chi connectivity index (χ3v) is 2.60. The molecule has 1 aromatic rings. The Hall–Kier alpha value is -1.49. The van der Waals surface area contributed by atoms with Crippen LogP contribution < -0.4 is 4.74 Å². The second kappa shape index (κ2) is 9.42. The van der Waals surface area contributed by atoms with E-state index in [9.17, 15) is 4.79 Å². The van der Waals surface area contributed by atoms with E-state index in [4.69, 9.17) is 14.2 Å². The lowest BCUT2D eigenvalue weighted by molar-refractivity contribution is -0.142. The average molecular weight is 343 g/mol. The van der Waals surface area contributed by atoms with E-state index >= 15 is 0 Å². The average Bonchev–Trinajstić information content (AvgIpc) is 2.45. The Labute approximate surface area is 127 Å². The standard InChI is InChI=1S/C15H19BrO4/c1-3-18-14(15(17)19-4-2)11-12-6-5-7-13(10-12)20-9-8-16/h5-7,10-11H,3-4,8-9H2,1-2H3/b14-11-. The van der Waals surface area contributed by atoms with Crippen molar-refractivity contribution in [2.24, 2.45) is 0 Å². The molecule has 20 heavy (non-hydrogen) atoms. The third kappa shape index (κ3) is 5.65. The van der Waals surface area contributed by atoms with Gasteiger partial charge in [-0.15, -0.1) is 0 Å². The van der Waals surface area contributed by atoms with Crippen molar-refractivity contribution in [3.8, 4) is 5.75 Å². The monoisotopic (exact) mass is 342 g/mol. The Bertz CT molecular complexity index is 457. The second-order valence-corrected chi connectivity index (χ2v) is 4.57. The number of carbonyl (C=O) groups excluding carboxylic acids is 1. The summed E-state index contributed by atoms with van der Waals surface area (Å²) in [6, 6.07) is 7.45. The number of halogens is 1. The second-order valence-electron chi connectivity index (χ2n) is 3.77. The molecule has 1 rings (SSSR count). The van der Waals surface area contributed by atoms with Gasteiger partial charge in [-0.3, -0.25) is 0 Å². The zero-order chi connectivity index (χ0) is 14.8.